The summed E-state index contributed by atoms with van der Waals surface area (Å²) in [5, 5.41) is 3.52. The van der Waals surface area contributed by atoms with E-state index in [1.54, 1.807) is 0 Å². The van der Waals surface area contributed by atoms with E-state index in [9.17, 15) is 0 Å². The molecule has 2 aliphatic rings. The molecule has 1 heterocycles. The Balaban J connectivity index is 0.00000180. The number of hydrogen-bond acceptors (Lipinski definition) is 2. The van der Waals surface area contributed by atoms with Gasteiger partial charge < -0.3 is 10.2 Å². The zero-order chi connectivity index (χ0) is 13.2. The average Bonchev–Trinajstić information content (AvgIpc) is 2.76. The van der Waals surface area contributed by atoms with Crippen molar-refractivity contribution in [3.63, 3.8) is 0 Å². The van der Waals surface area contributed by atoms with Gasteiger partial charge in [0.25, 0.3) is 0 Å². The van der Waals surface area contributed by atoms with Gasteiger partial charge in [0.05, 0.1) is 0 Å². The monoisotopic (exact) mass is 288 g/mol. The van der Waals surface area contributed by atoms with Crippen LogP contribution < -0.4 is 5.32 Å². The minimum Gasteiger partial charge on any atom is -0.316 e. The lowest BCUT2D eigenvalue weighted by Gasteiger charge is -2.39. The van der Waals surface area contributed by atoms with Crippen LogP contribution in [0.3, 0.4) is 0 Å². The van der Waals surface area contributed by atoms with Gasteiger partial charge in [0, 0.05) is 19.1 Å². The molecule has 0 aromatic heterocycles. The molecule has 0 aromatic rings. The topological polar surface area (TPSA) is 15.3 Å². The highest BCUT2D eigenvalue weighted by Gasteiger charge is 2.33. The van der Waals surface area contributed by atoms with Crippen LogP contribution in [0.2, 0.25) is 0 Å². The van der Waals surface area contributed by atoms with Crippen molar-refractivity contribution in [2.24, 2.45) is 17.3 Å². The number of halogens is 1. The fourth-order valence-corrected chi connectivity index (χ4v) is 3.94. The minimum absolute atomic E-state index is 0. The Labute approximate surface area is 126 Å². The Kier molecular flexibility index (Phi) is 6.62. The SMILES string of the molecule is CC(C)C1CCC(N(C)CC2(C)CCNC2)CC1.Cl. The van der Waals surface area contributed by atoms with E-state index in [0.29, 0.717) is 5.41 Å². The average molecular weight is 289 g/mol. The Morgan fingerprint density at radius 3 is 2.32 bits per heavy atom. The van der Waals surface area contributed by atoms with Gasteiger partial charge >= 0.3 is 0 Å². The first-order valence-corrected chi connectivity index (χ1v) is 7.91. The van der Waals surface area contributed by atoms with Crippen LogP contribution in [0.25, 0.3) is 0 Å². The molecule has 0 amide bonds. The van der Waals surface area contributed by atoms with Crippen molar-refractivity contribution in [1.82, 2.24) is 10.2 Å². The molecule has 1 saturated heterocycles. The van der Waals surface area contributed by atoms with Crippen molar-refractivity contribution in [1.29, 1.82) is 0 Å². The Morgan fingerprint density at radius 1 is 1.21 bits per heavy atom. The molecule has 114 valence electrons. The Hall–Kier alpha value is 0.210. The van der Waals surface area contributed by atoms with Crippen LogP contribution in [0.15, 0.2) is 0 Å². The molecule has 0 aromatic carbocycles. The molecule has 2 nitrogen and oxygen atoms in total. The first kappa shape index (κ1) is 17.3. The number of hydrogen-bond donors (Lipinski definition) is 1. The van der Waals surface area contributed by atoms with Crippen molar-refractivity contribution >= 4 is 12.4 Å². The normalized spacial score (nSPS) is 35.7. The van der Waals surface area contributed by atoms with Crippen LogP contribution in [-0.4, -0.2) is 37.6 Å². The summed E-state index contributed by atoms with van der Waals surface area (Å²) in [6, 6.07) is 0.845. The maximum atomic E-state index is 3.52. The molecule has 1 atom stereocenters. The van der Waals surface area contributed by atoms with E-state index in [1.165, 1.54) is 51.7 Å². The summed E-state index contributed by atoms with van der Waals surface area (Å²) in [6.07, 6.45) is 7.08. The molecule has 1 saturated carbocycles. The summed E-state index contributed by atoms with van der Waals surface area (Å²) >= 11 is 0. The van der Waals surface area contributed by atoms with E-state index in [2.05, 4.69) is 38.0 Å². The predicted octanol–water partition coefficient (Wildman–Crippen LogP) is 3.55. The van der Waals surface area contributed by atoms with Crippen LogP contribution in [0.1, 0.15) is 52.9 Å². The second-order valence-electron chi connectivity index (χ2n) is 7.47. The summed E-state index contributed by atoms with van der Waals surface area (Å²) in [5.41, 5.74) is 0.518. The van der Waals surface area contributed by atoms with E-state index >= 15 is 0 Å². The molecule has 0 radical (unpaired) electrons. The Bertz CT molecular complexity index is 253. The maximum absolute atomic E-state index is 3.52. The maximum Gasteiger partial charge on any atom is 0.00926 e. The van der Waals surface area contributed by atoms with E-state index in [4.69, 9.17) is 0 Å². The predicted molar refractivity (Wildman–Crippen MR) is 86.1 cm³/mol. The minimum atomic E-state index is 0. The van der Waals surface area contributed by atoms with Crippen molar-refractivity contribution in [3.8, 4) is 0 Å². The zero-order valence-electron chi connectivity index (χ0n) is 13.2. The van der Waals surface area contributed by atoms with Gasteiger partial charge in [-0.15, -0.1) is 12.4 Å². The van der Waals surface area contributed by atoms with Gasteiger partial charge in [-0.25, -0.2) is 0 Å². The summed E-state index contributed by atoms with van der Waals surface area (Å²) in [4.78, 5) is 2.66. The van der Waals surface area contributed by atoms with E-state index in [-0.39, 0.29) is 12.4 Å². The van der Waals surface area contributed by atoms with Gasteiger partial charge in [0.2, 0.25) is 0 Å². The van der Waals surface area contributed by atoms with Crippen LogP contribution in [0, 0.1) is 17.3 Å². The highest BCUT2D eigenvalue weighted by molar-refractivity contribution is 5.85. The highest BCUT2D eigenvalue weighted by Crippen LogP contribution is 2.33. The Morgan fingerprint density at radius 2 is 1.84 bits per heavy atom. The lowest BCUT2D eigenvalue weighted by Crippen LogP contribution is -2.42. The van der Waals surface area contributed by atoms with Crippen molar-refractivity contribution in [2.75, 3.05) is 26.7 Å². The number of nitrogens with zero attached hydrogens (tertiary/aromatic N) is 1. The third-order valence-electron chi connectivity index (χ3n) is 5.40. The molecule has 0 spiro atoms. The quantitative estimate of drug-likeness (QED) is 0.851. The molecule has 19 heavy (non-hydrogen) atoms. The summed E-state index contributed by atoms with van der Waals surface area (Å²) < 4.78 is 0. The second kappa shape index (κ2) is 7.28. The van der Waals surface area contributed by atoms with Crippen LogP contribution >= 0.6 is 12.4 Å². The molecule has 1 N–H and O–H groups in total. The third kappa shape index (κ3) is 4.61. The molecule has 3 heteroatoms. The molecular formula is C16H33ClN2. The van der Waals surface area contributed by atoms with Gasteiger partial charge in [0.15, 0.2) is 0 Å². The van der Waals surface area contributed by atoms with Gasteiger partial charge in [-0.2, -0.15) is 0 Å². The van der Waals surface area contributed by atoms with Crippen molar-refractivity contribution < 1.29 is 0 Å². The molecule has 1 aliphatic carbocycles. The third-order valence-corrected chi connectivity index (χ3v) is 5.40. The lowest BCUT2D eigenvalue weighted by atomic mass is 9.78. The highest BCUT2D eigenvalue weighted by atomic mass is 35.5. The van der Waals surface area contributed by atoms with Gasteiger partial charge in [-0.1, -0.05) is 20.8 Å². The van der Waals surface area contributed by atoms with Crippen molar-refractivity contribution in [3.05, 3.63) is 0 Å². The summed E-state index contributed by atoms with van der Waals surface area (Å²) in [5.74, 6) is 1.87. The van der Waals surface area contributed by atoms with Crippen LogP contribution in [0.4, 0.5) is 0 Å². The van der Waals surface area contributed by atoms with E-state index in [0.717, 1.165) is 17.9 Å². The molecule has 2 rings (SSSR count). The van der Waals surface area contributed by atoms with E-state index in [1.807, 2.05) is 0 Å². The summed E-state index contributed by atoms with van der Waals surface area (Å²) in [6.45, 7) is 10.9. The van der Waals surface area contributed by atoms with E-state index < -0.39 is 0 Å². The smallest absolute Gasteiger partial charge is 0.00926 e. The fraction of sp³-hybridized carbons (Fsp3) is 1.00. The molecule has 2 fully saturated rings. The fourth-order valence-electron chi connectivity index (χ4n) is 3.94. The zero-order valence-corrected chi connectivity index (χ0v) is 14.1. The van der Waals surface area contributed by atoms with Crippen LogP contribution in [-0.2, 0) is 0 Å². The molecule has 0 bridgehead atoms. The first-order chi connectivity index (χ1) is 8.50. The van der Waals surface area contributed by atoms with Gasteiger partial charge in [-0.05, 0) is 62.9 Å². The number of rotatable bonds is 4. The van der Waals surface area contributed by atoms with Crippen LogP contribution in [0.5, 0.6) is 0 Å². The first-order valence-electron chi connectivity index (χ1n) is 7.91. The number of nitrogens with one attached hydrogen (secondary N) is 1. The second-order valence-corrected chi connectivity index (χ2v) is 7.47. The van der Waals surface area contributed by atoms with Gasteiger partial charge in [-0.3, -0.25) is 0 Å². The van der Waals surface area contributed by atoms with Gasteiger partial charge in [0.1, 0.15) is 0 Å². The van der Waals surface area contributed by atoms with Crippen molar-refractivity contribution in [2.45, 2.75) is 58.9 Å². The standard InChI is InChI=1S/C16H32N2.ClH/c1-13(2)14-5-7-15(8-6-14)18(4)12-16(3)9-10-17-11-16;/h13-15,17H,5-12H2,1-4H3;1H. The molecular weight excluding hydrogens is 256 g/mol. The molecule has 1 unspecified atom stereocenters. The largest absolute Gasteiger partial charge is 0.316 e. The summed E-state index contributed by atoms with van der Waals surface area (Å²) in [7, 11) is 2.35. The lowest BCUT2D eigenvalue weighted by molar-refractivity contribution is 0.108. The molecule has 1 aliphatic heterocycles.